The van der Waals surface area contributed by atoms with E-state index in [1.165, 1.54) is 0 Å². The molecule has 3 nitrogen and oxygen atoms in total. The van der Waals surface area contributed by atoms with E-state index >= 15 is 0 Å². The maximum atomic E-state index is 13.8. The molecule has 1 N–H and O–H groups in total. The molecule has 5 heteroatoms. The Morgan fingerprint density at radius 2 is 2.17 bits per heavy atom. The standard InChI is InChI=1S/C13H16BrFN2O/c1-18-8-4-2-3-7-17-11-6-5-10(9-16)12(14)13(11)15/h5-6,17H,2-4,7-8H2,1H3. The number of anilines is 1. The van der Waals surface area contributed by atoms with Crippen LogP contribution in [0.1, 0.15) is 24.8 Å². The molecular formula is C13H16BrFN2O. The van der Waals surface area contributed by atoms with E-state index in [-0.39, 0.29) is 4.47 Å². The maximum Gasteiger partial charge on any atom is 0.161 e. The zero-order valence-corrected chi connectivity index (χ0v) is 11.9. The number of nitriles is 1. The smallest absolute Gasteiger partial charge is 0.161 e. The lowest BCUT2D eigenvalue weighted by atomic mass is 10.2. The van der Waals surface area contributed by atoms with Crippen molar-refractivity contribution in [1.29, 1.82) is 5.26 Å². The van der Waals surface area contributed by atoms with Crippen molar-refractivity contribution < 1.29 is 9.13 Å². The largest absolute Gasteiger partial charge is 0.385 e. The van der Waals surface area contributed by atoms with Crippen LogP contribution in [0.2, 0.25) is 0 Å². The van der Waals surface area contributed by atoms with Crippen LogP contribution in [-0.2, 0) is 4.74 Å². The van der Waals surface area contributed by atoms with E-state index in [2.05, 4.69) is 21.2 Å². The Kier molecular flexibility index (Phi) is 6.69. The molecule has 0 bridgehead atoms. The molecule has 0 fully saturated rings. The number of benzene rings is 1. The molecule has 98 valence electrons. The number of methoxy groups -OCH3 is 1. The molecule has 0 aliphatic rings. The maximum absolute atomic E-state index is 13.8. The molecule has 1 rings (SSSR count). The fraction of sp³-hybridized carbons (Fsp3) is 0.462. The summed E-state index contributed by atoms with van der Waals surface area (Å²) in [5.41, 5.74) is 0.728. The Labute approximate surface area is 115 Å². The third-order valence-electron chi connectivity index (χ3n) is 2.54. The molecule has 1 aromatic rings. The zero-order chi connectivity index (χ0) is 13.4. The van der Waals surface area contributed by atoms with E-state index in [0.717, 1.165) is 25.9 Å². The molecule has 0 atom stereocenters. The molecule has 0 amide bonds. The van der Waals surface area contributed by atoms with Crippen LogP contribution in [0.4, 0.5) is 10.1 Å². The zero-order valence-electron chi connectivity index (χ0n) is 10.3. The Balaban J connectivity index is 2.44. The van der Waals surface area contributed by atoms with Gasteiger partial charge in [0.2, 0.25) is 0 Å². The molecular weight excluding hydrogens is 299 g/mol. The van der Waals surface area contributed by atoms with Gasteiger partial charge in [0, 0.05) is 20.3 Å². The third-order valence-corrected chi connectivity index (χ3v) is 3.32. The van der Waals surface area contributed by atoms with Crippen LogP contribution in [0.25, 0.3) is 0 Å². The lowest BCUT2D eigenvalue weighted by Gasteiger charge is -2.09. The van der Waals surface area contributed by atoms with Crippen LogP contribution in [0.5, 0.6) is 0 Å². The molecule has 0 spiro atoms. The Morgan fingerprint density at radius 1 is 1.39 bits per heavy atom. The molecule has 0 heterocycles. The summed E-state index contributed by atoms with van der Waals surface area (Å²) >= 11 is 3.08. The van der Waals surface area contributed by atoms with E-state index in [9.17, 15) is 4.39 Å². The predicted molar refractivity (Wildman–Crippen MR) is 73.0 cm³/mol. The number of rotatable bonds is 7. The van der Waals surface area contributed by atoms with Crippen molar-refractivity contribution in [3.8, 4) is 6.07 Å². The van der Waals surface area contributed by atoms with Crippen LogP contribution < -0.4 is 5.32 Å². The number of nitrogens with one attached hydrogen (secondary N) is 1. The SMILES string of the molecule is COCCCCCNc1ccc(C#N)c(Br)c1F. The molecule has 0 radical (unpaired) electrons. The number of halogens is 2. The Bertz CT molecular complexity index is 432. The fourth-order valence-corrected chi connectivity index (χ4v) is 1.98. The summed E-state index contributed by atoms with van der Waals surface area (Å²) < 4.78 is 19.0. The van der Waals surface area contributed by atoms with Gasteiger partial charge in [-0.3, -0.25) is 0 Å². The highest BCUT2D eigenvalue weighted by Gasteiger charge is 2.10. The van der Waals surface area contributed by atoms with Gasteiger partial charge in [-0.25, -0.2) is 4.39 Å². The highest BCUT2D eigenvalue weighted by atomic mass is 79.9. The summed E-state index contributed by atoms with van der Waals surface area (Å²) in [5, 5.41) is 11.8. The molecule has 0 unspecified atom stereocenters. The minimum Gasteiger partial charge on any atom is -0.385 e. The van der Waals surface area contributed by atoms with E-state index in [1.54, 1.807) is 19.2 Å². The summed E-state index contributed by atoms with van der Waals surface area (Å²) in [5.74, 6) is -0.411. The fourth-order valence-electron chi connectivity index (χ4n) is 1.54. The van der Waals surface area contributed by atoms with Gasteiger partial charge in [0.1, 0.15) is 6.07 Å². The monoisotopic (exact) mass is 314 g/mol. The van der Waals surface area contributed by atoms with Gasteiger partial charge in [0.25, 0.3) is 0 Å². The second-order valence-corrected chi connectivity index (χ2v) is 4.67. The van der Waals surface area contributed by atoms with E-state index in [4.69, 9.17) is 10.00 Å². The molecule has 0 aromatic heterocycles. The van der Waals surface area contributed by atoms with Gasteiger partial charge in [-0.2, -0.15) is 5.26 Å². The van der Waals surface area contributed by atoms with Crippen molar-refractivity contribution in [2.24, 2.45) is 0 Å². The average Bonchev–Trinajstić information content (AvgIpc) is 2.38. The van der Waals surface area contributed by atoms with Crippen molar-refractivity contribution >= 4 is 21.6 Å². The third kappa shape index (κ3) is 4.28. The van der Waals surface area contributed by atoms with Crippen molar-refractivity contribution in [1.82, 2.24) is 0 Å². The van der Waals surface area contributed by atoms with Crippen molar-refractivity contribution in [3.63, 3.8) is 0 Å². The van der Waals surface area contributed by atoms with Crippen LogP contribution in [0, 0.1) is 17.1 Å². The van der Waals surface area contributed by atoms with Gasteiger partial charge in [-0.05, 0) is 47.3 Å². The lowest BCUT2D eigenvalue weighted by molar-refractivity contribution is 0.192. The molecule has 0 aliphatic carbocycles. The first-order chi connectivity index (χ1) is 8.70. The van der Waals surface area contributed by atoms with E-state index in [0.29, 0.717) is 17.8 Å². The normalized spacial score (nSPS) is 10.1. The van der Waals surface area contributed by atoms with Crippen LogP contribution >= 0.6 is 15.9 Å². The molecule has 1 aromatic carbocycles. The van der Waals surface area contributed by atoms with Crippen LogP contribution in [-0.4, -0.2) is 20.3 Å². The van der Waals surface area contributed by atoms with E-state index in [1.807, 2.05) is 6.07 Å². The summed E-state index contributed by atoms with van der Waals surface area (Å²) in [7, 11) is 1.68. The Morgan fingerprint density at radius 3 is 2.83 bits per heavy atom. The number of hydrogen-bond acceptors (Lipinski definition) is 3. The molecule has 0 saturated carbocycles. The lowest BCUT2D eigenvalue weighted by Crippen LogP contribution is -2.04. The van der Waals surface area contributed by atoms with Crippen molar-refractivity contribution in [3.05, 3.63) is 28.0 Å². The van der Waals surface area contributed by atoms with Gasteiger partial charge in [-0.1, -0.05) is 0 Å². The van der Waals surface area contributed by atoms with Crippen LogP contribution in [0.3, 0.4) is 0 Å². The summed E-state index contributed by atoms with van der Waals surface area (Å²) in [6.07, 6.45) is 3.01. The minimum atomic E-state index is -0.411. The molecule has 0 aliphatic heterocycles. The van der Waals surface area contributed by atoms with Gasteiger partial charge in [0.15, 0.2) is 5.82 Å². The summed E-state index contributed by atoms with van der Waals surface area (Å²) in [4.78, 5) is 0. The number of nitrogens with zero attached hydrogens (tertiary/aromatic N) is 1. The second kappa shape index (κ2) is 8.06. The van der Waals surface area contributed by atoms with Gasteiger partial charge >= 0.3 is 0 Å². The number of ether oxygens (including phenoxy) is 1. The molecule has 0 saturated heterocycles. The predicted octanol–water partition coefficient (Wildman–Crippen LogP) is 3.69. The van der Waals surface area contributed by atoms with Crippen LogP contribution in [0.15, 0.2) is 16.6 Å². The summed E-state index contributed by atoms with van der Waals surface area (Å²) in [6.45, 7) is 1.47. The van der Waals surface area contributed by atoms with Crippen molar-refractivity contribution in [2.75, 3.05) is 25.6 Å². The number of unbranched alkanes of at least 4 members (excludes halogenated alkanes) is 2. The van der Waals surface area contributed by atoms with Gasteiger partial charge in [-0.15, -0.1) is 0 Å². The minimum absolute atomic E-state index is 0.217. The number of hydrogen-bond donors (Lipinski definition) is 1. The summed E-state index contributed by atoms with van der Waals surface area (Å²) in [6, 6.07) is 5.11. The first-order valence-electron chi connectivity index (χ1n) is 5.81. The van der Waals surface area contributed by atoms with Gasteiger partial charge < -0.3 is 10.1 Å². The highest BCUT2D eigenvalue weighted by molar-refractivity contribution is 9.10. The first-order valence-corrected chi connectivity index (χ1v) is 6.61. The topological polar surface area (TPSA) is 45.0 Å². The van der Waals surface area contributed by atoms with Gasteiger partial charge in [0.05, 0.1) is 15.7 Å². The average molecular weight is 315 g/mol. The first kappa shape index (κ1) is 14.9. The second-order valence-electron chi connectivity index (χ2n) is 3.88. The quantitative estimate of drug-likeness (QED) is 0.781. The molecule has 18 heavy (non-hydrogen) atoms. The highest BCUT2D eigenvalue weighted by Crippen LogP contribution is 2.26. The van der Waals surface area contributed by atoms with Crippen molar-refractivity contribution in [2.45, 2.75) is 19.3 Å². The Hall–Kier alpha value is -1.12. The van der Waals surface area contributed by atoms with E-state index < -0.39 is 5.82 Å².